The first-order chi connectivity index (χ1) is 7.68. The van der Waals surface area contributed by atoms with E-state index in [1.165, 1.54) is 25.2 Å². The molecule has 16 heavy (non-hydrogen) atoms. The van der Waals surface area contributed by atoms with Gasteiger partial charge < -0.3 is 0 Å². The summed E-state index contributed by atoms with van der Waals surface area (Å²) in [4.78, 5) is 0.202. The van der Waals surface area contributed by atoms with Gasteiger partial charge in [0.25, 0.3) is 0 Å². The third-order valence-electron chi connectivity index (χ3n) is 2.56. The van der Waals surface area contributed by atoms with Crippen molar-refractivity contribution < 1.29 is 8.42 Å². The average Bonchev–Trinajstić information content (AvgIpc) is 2.82. The summed E-state index contributed by atoms with van der Waals surface area (Å²) in [5.74, 6) is 1.14. The number of nitrogens with zero attached hydrogens (tertiary/aromatic N) is 1. The lowest BCUT2D eigenvalue weighted by Gasteiger charge is -2.21. The Morgan fingerprint density at radius 2 is 2.44 bits per heavy atom. The highest BCUT2D eigenvalue weighted by Gasteiger charge is 2.19. The Morgan fingerprint density at radius 3 is 3.06 bits per heavy atom. The predicted molar refractivity (Wildman–Crippen MR) is 63.9 cm³/mol. The summed E-state index contributed by atoms with van der Waals surface area (Å²) in [6.45, 7) is 0.512. The van der Waals surface area contributed by atoms with Gasteiger partial charge in [-0.15, -0.1) is 0 Å². The summed E-state index contributed by atoms with van der Waals surface area (Å²) < 4.78 is 26.1. The monoisotopic (exact) mass is 261 g/mol. The molecule has 1 aliphatic rings. The van der Waals surface area contributed by atoms with Crippen molar-refractivity contribution >= 4 is 21.8 Å². The lowest BCUT2D eigenvalue weighted by atomic mass is 10.2. The van der Waals surface area contributed by atoms with Crippen LogP contribution in [0.25, 0.3) is 0 Å². The first-order valence-electron chi connectivity index (χ1n) is 5.28. The van der Waals surface area contributed by atoms with Crippen LogP contribution in [0.5, 0.6) is 0 Å². The van der Waals surface area contributed by atoms with Crippen molar-refractivity contribution in [1.29, 1.82) is 0 Å². The third kappa shape index (κ3) is 2.99. The van der Waals surface area contributed by atoms with Crippen LogP contribution < -0.4 is 4.72 Å². The van der Waals surface area contributed by atoms with E-state index in [1.807, 2.05) is 11.8 Å². The zero-order chi connectivity index (χ0) is 11.4. The average molecular weight is 261 g/mol. The van der Waals surface area contributed by atoms with Crippen molar-refractivity contribution in [3.8, 4) is 0 Å². The van der Waals surface area contributed by atoms with Gasteiger partial charge in [0.2, 0.25) is 10.0 Å². The van der Waals surface area contributed by atoms with Crippen molar-refractivity contribution in [3.05, 3.63) is 12.4 Å². The number of aromatic nitrogens is 2. The van der Waals surface area contributed by atoms with Crippen LogP contribution in [-0.2, 0) is 10.0 Å². The van der Waals surface area contributed by atoms with Gasteiger partial charge in [0.1, 0.15) is 4.90 Å². The highest BCUT2D eigenvalue weighted by molar-refractivity contribution is 8.00. The van der Waals surface area contributed by atoms with Crippen molar-refractivity contribution in [2.75, 3.05) is 12.3 Å². The Bertz CT molecular complexity index is 410. The molecule has 5 nitrogen and oxygen atoms in total. The van der Waals surface area contributed by atoms with Gasteiger partial charge in [-0.2, -0.15) is 16.9 Å². The molecule has 1 unspecified atom stereocenters. The van der Waals surface area contributed by atoms with Crippen LogP contribution in [0.1, 0.15) is 19.3 Å². The molecule has 0 amide bonds. The van der Waals surface area contributed by atoms with Crippen molar-refractivity contribution in [3.63, 3.8) is 0 Å². The number of rotatable bonds is 4. The van der Waals surface area contributed by atoms with E-state index in [-0.39, 0.29) is 4.90 Å². The molecular weight excluding hydrogens is 246 g/mol. The number of aromatic amines is 1. The molecule has 0 spiro atoms. The molecule has 1 aliphatic heterocycles. The van der Waals surface area contributed by atoms with Gasteiger partial charge in [0.05, 0.1) is 6.20 Å². The molecule has 0 bridgehead atoms. The van der Waals surface area contributed by atoms with Crippen LogP contribution in [0.4, 0.5) is 0 Å². The lowest BCUT2D eigenvalue weighted by molar-refractivity contribution is 0.574. The van der Waals surface area contributed by atoms with Crippen LogP contribution in [0.3, 0.4) is 0 Å². The maximum atomic E-state index is 11.8. The van der Waals surface area contributed by atoms with Crippen LogP contribution in [0.15, 0.2) is 17.3 Å². The van der Waals surface area contributed by atoms with Crippen molar-refractivity contribution in [1.82, 2.24) is 14.9 Å². The Balaban J connectivity index is 1.89. The van der Waals surface area contributed by atoms with Gasteiger partial charge in [-0.25, -0.2) is 13.1 Å². The fourth-order valence-electron chi connectivity index (χ4n) is 1.64. The molecule has 1 aromatic rings. The second-order valence-electron chi connectivity index (χ2n) is 3.77. The molecule has 0 saturated carbocycles. The molecular formula is C9H15N3O2S2. The molecule has 1 fully saturated rings. The standard InChI is InChI=1S/C9H15N3O2S2/c13-16(14,9-6-10-11-7-9)12-5-8-3-1-2-4-15-8/h6-8,12H,1-5H2,(H,10,11). The van der Waals surface area contributed by atoms with Gasteiger partial charge >= 0.3 is 0 Å². The Morgan fingerprint density at radius 1 is 1.56 bits per heavy atom. The fraction of sp³-hybridized carbons (Fsp3) is 0.667. The van der Waals surface area contributed by atoms with Crippen LogP contribution >= 0.6 is 11.8 Å². The third-order valence-corrected chi connectivity index (χ3v) is 5.35. The minimum atomic E-state index is -3.37. The Kier molecular flexibility index (Phi) is 3.88. The van der Waals surface area contributed by atoms with Gasteiger partial charge in [-0.1, -0.05) is 6.42 Å². The van der Waals surface area contributed by atoms with Gasteiger partial charge in [-0.3, -0.25) is 5.10 Å². The maximum absolute atomic E-state index is 11.8. The zero-order valence-electron chi connectivity index (χ0n) is 8.85. The molecule has 7 heteroatoms. The Hall–Kier alpha value is -0.530. The van der Waals surface area contributed by atoms with Gasteiger partial charge in [-0.05, 0) is 18.6 Å². The van der Waals surface area contributed by atoms with E-state index >= 15 is 0 Å². The summed E-state index contributed by atoms with van der Waals surface area (Å²) in [6, 6.07) is 0. The van der Waals surface area contributed by atoms with Gasteiger partial charge in [0, 0.05) is 18.0 Å². The highest BCUT2D eigenvalue weighted by Crippen LogP contribution is 2.24. The van der Waals surface area contributed by atoms with Crippen molar-refractivity contribution in [2.24, 2.45) is 0 Å². The van der Waals surface area contributed by atoms with Crippen molar-refractivity contribution in [2.45, 2.75) is 29.4 Å². The first kappa shape index (κ1) is 11.9. The van der Waals surface area contributed by atoms with E-state index in [1.54, 1.807) is 0 Å². The SMILES string of the molecule is O=S(=O)(NCC1CCCCS1)c1cn[nH]c1. The number of nitrogens with one attached hydrogen (secondary N) is 2. The summed E-state index contributed by atoms with van der Waals surface area (Å²) in [6.07, 6.45) is 6.24. The van der Waals surface area contributed by atoms with Crippen LogP contribution in [-0.4, -0.2) is 36.2 Å². The molecule has 90 valence electrons. The minimum absolute atomic E-state index is 0.202. The van der Waals surface area contributed by atoms with E-state index in [9.17, 15) is 8.42 Å². The quantitative estimate of drug-likeness (QED) is 0.847. The molecule has 1 saturated heterocycles. The predicted octanol–water partition coefficient (Wildman–Crippen LogP) is 0.974. The summed E-state index contributed by atoms with van der Waals surface area (Å²) in [7, 11) is -3.37. The summed E-state index contributed by atoms with van der Waals surface area (Å²) in [5.41, 5.74) is 0. The summed E-state index contributed by atoms with van der Waals surface area (Å²) in [5, 5.41) is 6.55. The molecule has 2 heterocycles. The van der Waals surface area contributed by atoms with Crippen LogP contribution in [0, 0.1) is 0 Å². The highest BCUT2D eigenvalue weighted by atomic mass is 32.2. The van der Waals surface area contributed by atoms with E-state index < -0.39 is 10.0 Å². The Labute approximate surface area is 99.4 Å². The van der Waals surface area contributed by atoms with Crippen LogP contribution in [0.2, 0.25) is 0 Å². The number of H-pyrrole nitrogens is 1. The second-order valence-corrected chi connectivity index (χ2v) is 6.95. The van der Waals surface area contributed by atoms with E-state index in [2.05, 4.69) is 14.9 Å². The van der Waals surface area contributed by atoms with E-state index in [4.69, 9.17) is 0 Å². The molecule has 1 atom stereocenters. The maximum Gasteiger partial charge on any atom is 0.243 e. The minimum Gasteiger partial charge on any atom is -0.284 e. The number of thioether (sulfide) groups is 1. The van der Waals surface area contributed by atoms with E-state index in [0.717, 1.165) is 12.2 Å². The summed E-state index contributed by atoms with van der Waals surface area (Å²) >= 11 is 1.85. The lowest BCUT2D eigenvalue weighted by Crippen LogP contribution is -2.31. The molecule has 2 rings (SSSR count). The normalized spacial score (nSPS) is 22.1. The molecule has 0 radical (unpaired) electrons. The number of sulfonamides is 1. The molecule has 2 N–H and O–H groups in total. The number of hydrogen-bond donors (Lipinski definition) is 2. The fourth-order valence-corrected chi connectivity index (χ4v) is 3.97. The zero-order valence-corrected chi connectivity index (χ0v) is 10.5. The smallest absolute Gasteiger partial charge is 0.243 e. The first-order valence-corrected chi connectivity index (χ1v) is 7.82. The van der Waals surface area contributed by atoms with E-state index in [0.29, 0.717) is 11.8 Å². The molecule has 1 aromatic heterocycles. The second kappa shape index (κ2) is 5.20. The molecule has 0 aromatic carbocycles. The number of hydrogen-bond acceptors (Lipinski definition) is 4. The largest absolute Gasteiger partial charge is 0.284 e. The topological polar surface area (TPSA) is 74.8 Å². The molecule has 0 aliphatic carbocycles. The van der Waals surface area contributed by atoms with Gasteiger partial charge in [0.15, 0.2) is 0 Å².